The third-order valence-electron chi connectivity index (χ3n) is 3.18. The Morgan fingerprint density at radius 3 is 2.76 bits per heavy atom. The first-order valence-corrected chi connectivity index (χ1v) is 6.40. The molecule has 6 heteroatoms. The van der Waals surface area contributed by atoms with Gasteiger partial charge in [-0.3, -0.25) is 20.1 Å². The Labute approximate surface area is 120 Å². The van der Waals surface area contributed by atoms with Crippen LogP contribution in [0.25, 0.3) is 10.8 Å². The van der Waals surface area contributed by atoms with Crippen molar-refractivity contribution in [3.8, 4) is 0 Å². The molecule has 0 radical (unpaired) electrons. The highest BCUT2D eigenvalue weighted by Gasteiger charge is 2.14. The number of nitro groups is 1. The fraction of sp³-hybridized carbons (Fsp3) is 0.0667. The molecule has 0 atom stereocenters. The number of nitro benzene ring substituents is 1. The van der Waals surface area contributed by atoms with Crippen LogP contribution in [0.2, 0.25) is 0 Å². The van der Waals surface area contributed by atoms with Crippen LogP contribution in [0.3, 0.4) is 0 Å². The second-order valence-corrected chi connectivity index (χ2v) is 4.49. The predicted octanol–water partition coefficient (Wildman–Crippen LogP) is 3.15. The highest BCUT2D eigenvalue weighted by molar-refractivity contribution is 5.99. The number of nitrogens with one attached hydrogen (secondary N) is 1. The van der Waals surface area contributed by atoms with Crippen LogP contribution in [0.15, 0.2) is 55.0 Å². The van der Waals surface area contributed by atoms with Crippen LogP contribution in [-0.4, -0.2) is 14.9 Å². The zero-order chi connectivity index (χ0) is 14.7. The molecule has 0 bridgehead atoms. The Morgan fingerprint density at radius 1 is 1.10 bits per heavy atom. The maximum Gasteiger partial charge on any atom is 0.278 e. The zero-order valence-corrected chi connectivity index (χ0v) is 11.1. The molecular weight excluding hydrogens is 268 g/mol. The number of fused-ring (bicyclic) bond motifs is 1. The average molecular weight is 280 g/mol. The molecule has 1 N–H and O–H groups in total. The van der Waals surface area contributed by atoms with E-state index in [9.17, 15) is 10.1 Å². The van der Waals surface area contributed by atoms with Crippen molar-refractivity contribution in [1.29, 1.82) is 0 Å². The van der Waals surface area contributed by atoms with Gasteiger partial charge in [0.25, 0.3) is 5.69 Å². The Balaban J connectivity index is 1.96. The standard InChI is InChI=1S/C15H12N4O2/c20-19(21)15-5-4-14(12-6-8-16-10-13(12)15)18-9-11-3-1-2-7-17-11/h1-8,10,18H,9H2. The fourth-order valence-electron chi connectivity index (χ4n) is 2.18. The van der Waals surface area contributed by atoms with Crippen molar-refractivity contribution in [3.63, 3.8) is 0 Å². The van der Waals surface area contributed by atoms with Crippen LogP contribution in [0.5, 0.6) is 0 Å². The van der Waals surface area contributed by atoms with Gasteiger partial charge in [0.05, 0.1) is 22.5 Å². The second kappa shape index (κ2) is 5.54. The third-order valence-corrected chi connectivity index (χ3v) is 3.18. The topological polar surface area (TPSA) is 81.0 Å². The molecule has 0 unspecified atom stereocenters. The highest BCUT2D eigenvalue weighted by Crippen LogP contribution is 2.30. The molecule has 0 aliphatic carbocycles. The van der Waals surface area contributed by atoms with Gasteiger partial charge in [-0.2, -0.15) is 0 Å². The van der Waals surface area contributed by atoms with Crippen LogP contribution < -0.4 is 5.32 Å². The first-order chi connectivity index (χ1) is 10.3. The molecule has 6 nitrogen and oxygen atoms in total. The minimum Gasteiger partial charge on any atom is -0.379 e. The Kier molecular flexibility index (Phi) is 3.42. The smallest absolute Gasteiger partial charge is 0.278 e. The van der Waals surface area contributed by atoms with Gasteiger partial charge in [0.1, 0.15) is 0 Å². The molecule has 104 valence electrons. The van der Waals surface area contributed by atoms with Crippen molar-refractivity contribution < 1.29 is 4.92 Å². The summed E-state index contributed by atoms with van der Waals surface area (Å²) in [5.74, 6) is 0. The normalized spacial score (nSPS) is 10.5. The van der Waals surface area contributed by atoms with Crippen LogP contribution in [0, 0.1) is 10.1 Å². The van der Waals surface area contributed by atoms with Crippen molar-refractivity contribution in [1.82, 2.24) is 9.97 Å². The van der Waals surface area contributed by atoms with Gasteiger partial charge in [-0.25, -0.2) is 0 Å². The van der Waals surface area contributed by atoms with Crippen LogP contribution in [0.1, 0.15) is 5.69 Å². The summed E-state index contributed by atoms with van der Waals surface area (Å²) in [7, 11) is 0. The molecule has 21 heavy (non-hydrogen) atoms. The number of rotatable bonds is 4. The number of benzene rings is 1. The number of anilines is 1. The van der Waals surface area contributed by atoms with E-state index in [1.54, 1.807) is 24.5 Å². The molecule has 0 amide bonds. The molecule has 1 aromatic carbocycles. The SMILES string of the molecule is O=[N+]([O-])c1ccc(NCc2ccccn2)c2ccncc12. The van der Waals surface area contributed by atoms with Crippen molar-refractivity contribution in [2.45, 2.75) is 6.54 Å². The average Bonchev–Trinajstić information content (AvgIpc) is 2.53. The summed E-state index contributed by atoms with van der Waals surface area (Å²) in [5, 5.41) is 15.6. The molecule has 0 saturated heterocycles. The maximum absolute atomic E-state index is 11.1. The van der Waals surface area contributed by atoms with Crippen molar-refractivity contribution >= 4 is 22.1 Å². The van der Waals surface area contributed by atoms with E-state index in [0.29, 0.717) is 11.9 Å². The Bertz CT molecular complexity index is 790. The van der Waals surface area contributed by atoms with Gasteiger partial charge in [0, 0.05) is 35.7 Å². The summed E-state index contributed by atoms with van der Waals surface area (Å²) in [5.41, 5.74) is 1.78. The number of nitrogens with zero attached hydrogens (tertiary/aromatic N) is 3. The first-order valence-electron chi connectivity index (χ1n) is 6.40. The van der Waals surface area contributed by atoms with Crippen LogP contribution in [-0.2, 0) is 6.54 Å². The Morgan fingerprint density at radius 2 is 2.00 bits per heavy atom. The fourth-order valence-corrected chi connectivity index (χ4v) is 2.18. The van der Waals surface area contributed by atoms with Crippen LogP contribution >= 0.6 is 0 Å². The van der Waals surface area contributed by atoms with E-state index < -0.39 is 4.92 Å². The minimum absolute atomic E-state index is 0.0569. The molecule has 0 aliphatic heterocycles. The van der Waals surface area contributed by atoms with Gasteiger partial charge >= 0.3 is 0 Å². The lowest BCUT2D eigenvalue weighted by Gasteiger charge is -2.09. The van der Waals surface area contributed by atoms with E-state index in [4.69, 9.17) is 0 Å². The van der Waals surface area contributed by atoms with Crippen molar-refractivity contribution in [2.24, 2.45) is 0 Å². The lowest BCUT2D eigenvalue weighted by Crippen LogP contribution is -2.02. The summed E-state index contributed by atoms with van der Waals surface area (Å²) < 4.78 is 0. The Hall–Kier alpha value is -3.02. The summed E-state index contributed by atoms with van der Waals surface area (Å²) in [6.45, 7) is 0.552. The summed E-state index contributed by atoms with van der Waals surface area (Å²) in [6.07, 6.45) is 4.87. The largest absolute Gasteiger partial charge is 0.379 e. The van der Waals surface area contributed by atoms with Gasteiger partial charge in [-0.1, -0.05) is 6.07 Å². The van der Waals surface area contributed by atoms with E-state index in [1.807, 2.05) is 18.2 Å². The van der Waals surface area contributed by atoms with Crippen molar-refractivity contribution in [3.05, 3.63) is 70.8 Å². The molecular formula is C15H12N4O2. The maximum atomic E-state index is 11.1. The highest BCUT2D eigenvalue weighted by atomic mass is 16.6. The molecule has 0 fully saturated rings. The monoisotopic (exact) mass is 280 g/mol. The molecule has 2 heterocycles. The lowest BCUT2D eigenvalue weighted by molar-refractivity contribution is -0.383. The van der Waals surface area contributed by atoms with E-state index >= 15 is 0 Å². The minimum atomic E-state index is -0.396. The van der Waals surface area contributed by atoms with E-state index in [-0.39, 0.29) is 5.69 Å². The number of hydrogen-bond acceptors (Lipinski definition) is 5. The predicted molar refractivity (Wildman–Crippen MR) is 80.0 cm³/mol. The molecule has 0 aliphatic rings. The number of pyridine rings is 2. The summed E-state index contributed by atoms with van der Waals surface area (Å²) in [6, 6.07) is 10.7. The number of non-ortho nitro benzene ring substituents is 1. The van der Waals surface area contributed by atoms with Gasteiger partial charge in [-0.05, 0) is 24.3 Å². The van der Waals surface area contributed by atoms with E-state index in [2.05, 4.69) is 15.3 Å². The zero-order valence-electron chi connectivity index (χ0n) is 11.1. The molecule has 0 saturated carbocycles. The summed E-state index contributed by atoms with van der Waals surface area (Å²) in [4.78, 5) is 18.9. The van der Waals surface area contributed by atoms with Gasteiger partial charge < -0.3 is 5.32 Å². The molecule has 3 rings (SSSR count). The van der Waals surface area contributed by atoms with Crippen LogP contribution in [0.4, 0.5) is 11.4 Å². The first kappa shape index (κ1) is 13.0. The molecule has 0 spiro atoms. The third kappa shape index (κ3) is 2.64. The van der Waals surface area contributed by atoms with Crippen molar-refractivity contribution in [2.75, 3.05) is 5.32 Å². The van der Waals surface area contributed by atoms with Gasteiger partial charge in [0.15, 0.2) is 0 Å². The van der Waals surface area contributed by atoms with Gasteiger partial charge in [0.2, 0.25) is 0 Å². The number of hydrogen-bond donors (Lipinski definition) is 1. The number of aromatic nitrogens is 2. The lowest BCUT2D eigenvalue weighted by atomic mass is 10.1. The molecule has 2 aromatic heterocycles. The molecule has 3 aromatic rings. The van der Waals surface area contributed by atoms with Gasteiger partial charge in [-0.15, -0.1) is 0 Å². The van der Waals surface area contributed by atoms with E-state index in [1.165, 1.54) is 12.3 Å². The quantitative estimate of drug-likeness (QED) is 0.586. The summed E-state index contributed by atoms with van der Waals surface area (Å²) >= 11 is 0. The van der Waals surface area contributed by atoms with E-state index in [0.717, 1.165) is 16.8 Å². The second-order valence-electron chi connectivity index (χ2n) is 4.49.